The van der Waals surface area contributed by atoms with Crippen LogP contribution in [0.25, 0.3) is 0 Å². The van der Waals surface area contributed by atoms with E-state index in [1.165, 1.54) is 0 Å². The van der Waals surface area contributed by atoms with E-state index in [-0.39, 0.29) is 12.7 Å². The zero-order chi connectivity index (χ0) is 18.0. The smallest absolute Gasteiger partial charge is 0.410 e. The highest BCUT2D eigenvalue weighted by Gasteiger charge is 2.21. The molecule has 0 saturated carbocycles. The lowest BCUT2D eigenvalue weighted by atomic mass is 10.2. The molecule has 1 aromatic rings. The van der Waals surface area contributed by atoms with Gasteiger partial charge in [0.25, 0.3) is 0 Å². The zero-order valence-corrected chi connectivity index (χ0v) is 14.9. The Morgan fingerprint density at radius 2 is 2.04 bits per heavy atom. The summed E-state index contributed by atoms with van der Waals surface area (Å²) in [6, 6.07) is 5.76. The van der Waals surface area contributed by atoms with Crippen LogP contribution in [0.5, 0.6) is 0 Å². The highest BCUT2D eigenvalue weighted by Crippen LogP contribution is 2.10. The summed E-state index contributed by atoms with van der Waals surface area (Å²) >= 11 is 0. The number of nitrogens with one attached hydrogen (secondary N) is 1. The van der Waals surface area contributed by atoms with E-state index in [1.54, 1.807) is 4.90 Å². The van der Waals surface area contributed by atoms with Crippen molar-refractivity contribution in [2.75, 3.05) is 26.2 Å². The Hall–Kier alpha value is -1.70. The van der Waals surface area contributed by atoms with E-state index in [9.17, 15) is 4.79 Å². The van der Waals surface area contributed by atoms with Crippen LogP contribution in [0, 0.1) is 0 Å². The number of carbonyl (C=O) groups excluding carboxylic acids is 1. The summed E-state index contributed by atoms with van der Waals surface area (Å²) in [6.45, 7) is 8.16. The van der Waals surface area contributed by atoms with Gasteiger partial charge in [0.15, 0.2) is 0 Å². The third-order valence-corrected chi connectivity index (χ3v) is 3.18. The number of nitrogens with two attached hydrogens (primary N) is 1. The minimum atomic E-state index is -0.533. The van der Waals surface area contributed by atoms with Crippen LogP contribution in [0.2, 0.25) is 0 Å². The van der Waals surface area contributed by atoms with Gasteiger partial charge in [0.05, 0.1) is 11.4 Å². The van der Waals surface area contributed by atoms with Gasteiger partial charge >= 0.3 is 6.09 Å². The second-order valence-corrected chi connectivity index (χ2v) is 6.55. The molecule has 24 heavy (non-hydrogen) atoms. The number of carbonyl (C=O) groups is 1. The molecule has 0 aliphatic heterocycles. The van der Waals surface area contributed by atoms with Crippen LogP contribution in [0.3, 0.4) is 0 Å². The number of pyridine rings is 1. The Morgan fingerprint density at radius 3 is 2.67 bits per heavy atom. The lowest BCUT2D eigenvalue weighted by molar-refractivity contribution is 0.0242. The van der Waals surface area contributed by atoms with Crippen molar-refractivity contribution in [1.29, 1.82) is 0 Å². The topological polar surface area (TPSA) is 101 Å². The van der Waals surface area contributed by atoms with Gasteiger partial charge in [0.1, 0.15) is 5.60 Å². The molecule has 7 heteroatoms. The molecule has 4 N–H and O–H groups in total. The van der Waals surface area contributed by atoms with E-state index in [0.717, 1.165) is 11.4 Å². The fourth-order valence-corrected chi connectivity index (χ4v) is 2.05. The summed E-state index contributed by atoms with van der Waals surface area (Å²) in [4.78, 5) is 18.2. The zero-order valence-electron chi connectivity index (χ0n) is 14.9. The Labute approximate surface area is 144 Å². The summed E-state index contributed by atoms with van der Waals surface area (Å²) in [5, 5.41) is 12.2. The molecule has 136 valence electrons. The first-order valence-corrected chi connectivity index (χ1v) is 8.30. The second-order valence-electron chi connectivity index (χ2n) is 6.55. The molecule has 0 spiro atoms. The van der Waals surface area contributed by atoms with Crippen molar-refractivity contribution < 1.29 is 14.6 Å². The quantitative estimate of drug-likeness (QED) is 0.586. The van der Waals surface area contributed by atoms with Gasteiger partial charge in [-0.15, -0.1) is 0 Å². The standard InChI is InChI=1S/C17H30N4O3/c1-17(2,3)24-16(23)21(9-5-11-22)10-8-19-13-15-7-4-6-14(12-18)20-15/h4,6-7,19,22H,5,8-13,18H2,1-3H3. The molecule has 7 nitrogen and oxygen atoms in total. The summed E-state index contributed by atoms with van der Waals surface area (Å²) < 4.78 is 5.39. The van der Waals surface area contributed by atoms with E-state index in [1.807, 2.05) is 39.0 Å². The van der Waals surface area contributed by atoms with Crippen LogP contribution in [0.4, 0.5) is 4.79 Å². The van der Waals surface area contributed by atoms with Gasteiger partial charge in [-0.1, -0.05) is 6.07 Å². The largest absolute Gasteiger partial charge is 0.444 e. The molecule has 0 aliphatic rings. The molecular formula is C17H30N4O3. The van der Waals surface area contributed by atoms with Crippen molar-refractivity contribution in [2.45, 2.75) is 45.9 Å². The van der Waals surface area contributed by atoms with Crippen LogP contribution < -0.4 is 11.1 Å². The Morgan fingerprint density at radius 1 is 1.33 bits per heavy atom. The maximum absolute atomic E-state index is 12.2. The molecule has 0 atom stereocenters. The van der Waals surface area contributed by atoms with Gasteiger partial charge in [-0.05, 0) is 39.3 Å². The van der Waals surface area contributed by atoms with Crippen molar-refractivity contribution >= 4 is 6.09 Å². The van der Waals surface area contributed by atoms with Crippen LogP contribution >= 0.6 is 0 Å². The number of amides is 1. The molecule has 1 aromatic heterocycles. The van der Waals surface area contributed by atoms with Gasteiger partial charge < -0.3 is 25.8 Å². The number of aliphatic hydroxyl groups excluding tert-OH is 1. The molecule has 0 fully saturated rings. The monoisotopic (exact) mass is 338 g/mol. The molecule has 0 aliphatic carbocycles. The van der Waals surface area contributed by atoms with E-state index < -0.39 is 5.60 Å². The van der Waals surface area contributed by atoms with E-state index in [0.29, 0.717) is 39.1 Å². The summed E-state index contributed by atoms with van der Waals surface area (Å²) in [7, 11) is 0. The summed E-state index contributed by atoms with van der Waals surface area (Å²) in [5.41, 5.74) is 6.82. The van der Waals surface area contributed by atoms with E-state index in [4.69, 9.17) is 15.6 Å². The average Bonchev–Trinajstić information content (AvgIpc) is 2.52. The fraction of sp³-hybridized carbons (Fsp3) is 0.647. The number of hydrogen-bond donors (Lipinski definition) is 3. The van der Waals surface area contributed by atoms with Crippen LogP contribution in [-0.4, -0.2) is 52.9 Å². The number of nitrogens with zero attached hydrogens (tertiary/aromatic N) is 2. The number of aromatic nitrogens is 1. The van der Waals surface area contributed by atoms with Gasteiger partial charge in [-0.3, -0.25) is 4.98 Å². The lowest BCUT2D eigenvalue weighted by Crippen LogP contribution is -2.41. The molecule has 1 heterocycles. The average molecular weight is 338 g/mol. The number of aliphatic hydroxyl groups is 1. The molecule has 1 rings (SSSR count). The molecule has 0 saturated heterocycles. The van der Waals surface area contributed by atoms with Gasteiger partial charge in [0.2, 0.25) is 0 Å². The van der Waals surface area contributed by atoms with Gasteiger partial charge in [-0.2, -0.15) is 0 Å². The Kier molecular flexibility index (Phi) is 8.67. The lowest BCUT2D eigenvalue weighted by Gasteiger charge is -2.27. The maximum atomic E-state index is 12.2. The molecule has 0 unspecified atom stereocenters. The number of hydrogen-bond acceptors (Lipinski definition) is 6. The third-order valence-electron chi connectivity index (χ3n) is 3.18. The maximum Gasteiger partial charge on any atom is 0.410 e. The van der Waals surface area contributed by atoms with Crippen molar-refractivity contribution in [3.05, 3.63) is 29.6 Å². The van der Waals surface area contributed by atoms with Crippen LogP contribution in [0.15, 0.2) is 18.2 Å². The summed E-state index contributed by atoms with van der Waals surface area (Å²) in [5.74, 6) is 0. The minimum Gasteiger partial charge on any atom is -0.444 e. The van der Waals surface area contributed by atoms with E-state index >= 15 is 0 Å². The molecule has 0 bridgehead atoms. The molecule has 0 radical (unpaired) electrons. The SMILES string of the molecule is CC(C)(C)OC(=O)N(CCCO)CCNCc1cccc(CN)n1. The minimum absolute atomic E-state index is 0.0442. The first kappa shape index (κ1) is 20.3. The van der Waals surface area contributed by atoms with Gasteiger partial charge in [-0.25, -0.2) is 4.79 Å². The Balaban J connectivity index is 2.44. The van der Waals surface area contributed by atoms with Crippen molar-refractivity contribution in [3.63, 3.8) is 0 Å². The number of rotatable bonds is 9. The first-order chi connectivity index (χ1) is 11.4. The fourth-order valence-electron chi connectivity index (χ4n) is 2.05. The summed E-state index contributed by atoms with van der Waals surface area (Å²) in [6.07, 6.45) is 0.167. The van der Waals surface area contributed by atoms with Crippen LogP contribution in [-0.2, 0) is 17.8 Å². The molecular weight excluding hydrogens is 308 g/mol. The highest BCUT2D eigenvalue weighted by molar-refractivity contribution is 5.68. The van der Waals surface area contributed by atoms with E-state index in [2.05, 4.69) is 10.3 Å². The predicted octanol–water partition coefficient (Wildman–Crippen LogP) is 1.25. The molecule has 0 aromatic carbocycles. The first-order valence-electron chi connectivity index (χ1n) is 8.30. The second kappa shape index (κ2) is 10.2. The highest BCUT2D eigenvalue weighted by atomic mass is 16.6. The molecule has 1 amide bonds. The van der Waals surface area contributed by atoms with Crippen molar-refractivity contribution in [2.24, 2.45) is 5.73 Å². The third kappa shape index (κ3) is 8.24. The van der Waals surface area contributed by atoms with Crippen molar-refractivity contribution in [3.8, 4) is 0 Å². The predicted molar refractivity (Wildman–Crippen MR) is 93.3 cm³/mol. The Bertz CT molecular complexity index is 503. The van der Waals surface area contributed by atoms with Crippen LogP contribution in [0.1, 0.15) is 38.6 Å². The number of ether oxygens (including phenoxy) is 1. The van der Waals surface area contributed by atoms with Gasteiger partial charge in [0, 0.05) is 39.3 Å². The normalized spacial score (nSPS) is 11.4. The van der Waals surface area contributed by atoms with Crippen molar-refractivity contribution in [1.82, 2.24) is 15.2 Å².